The van der Waals surface area contributed by atoms with Crippen LogP contribution in [0.1, 0.15) is 27.2 Å². The molecule has 0 radical (unpaired) electrons. The summed E-state index contributed by atoms with van der Waals surface area (Å²) in [6.45, 7) is 5.82. The quantitative estimate of drug-likeness (QED) is 0.922. The van der Waals surface area contributed by atoms with Gasteiger partial charge in [0.1, 0.15) is 5.03 Å². The first-order valence-electron chi connectivity index (χ1n) is 5.93. The molecule has 2 rings (SSSR count). The zero-order valence-corrected chi connectivity index (χ0v) is 11.9. The number of hydrogen-bond donors (Lipinski definition) is 1. The van der Waals surface area contributed by atoms with Crippen LogP contribution in [-0.2, 0) is 0 Å². The Kier molecular flexibility index (Phi) is 3.90. The second-order valence-corrected chi connectivity index (χ2v) is 5.60. The van der Waals surface area contributed by atoms with E-state index in [4.69, 9.17) is 5.11 Å². The third kappa shape index (κ3) is 3.35. The van der Waals surface area contributed by atoms with E-state index in [0.717, 1.165) is 21.2 Å². The van der Waals surface area contributed by atoms with Gasteiger partial charge in [-0.2, -0.15) is 0 Å². The van der Waals surface area contributed by atoms with Gasteiger partial charge in [0.05, 0.1) is 5.56 Å². The van der Waals surface area contributed by atoms with Gasteiger partial charge in [0.15, 0.2) is 0 Å². The summed E-state index contributed by atoms with van der Waals surface area (Å²) in [5.41, 5.74) is 3.27. The minimum absolute atomic E-state index is 0.345. The number of rotatable bonds is 3. The highest BCUT2D eigenvalue weighted by Gasteiger charge is 2.08. The summed E-state index contributed by atoms with van der Waals surface area (Å²) in [4.78, 5) is 16.4. The average Bonchev–Trinajstić information content (AvgIpc) is 2.26. The van der Waals surface area contributed by atoms with E-state index < -0.39 is 5.97 Å². The van der Waals surface area contributed by atoms with Crippen LogP contribution in [0.4, 0.5) is 0 Å². The standard InChI is InChI=1S/C15H15NO2S/c1-9-6-11(3)16-14(7-9)19-12-4-5-13(15(17)18)10(2)8-12/h4-8H,1-3H3,(H,17,18). The third-order valence-electron chi connectivity index (χ3n) is 2.72. The van der Waals surface area contributed by atoms with Crippen LogP contribution >= 0.6 is 11.8 Å². The van der Waals surface area contributed by atoms with Crippen LogP contribution in [0.15, 0.2) is 40.3 Å². The minimum Gasteiger partial charge on any atom is -0.478 e. The van der Waals surface area contributed by atoms with Crippen LogP contribution in [0.3, 0.4) is 0 Å². The van der Waals surface area contributed by atoms with Crippen molar-refractivity contribution in [3.63, 3.8) is 0 Å². The molecular weight excluding hydrogens is 258 g/mol. The molecule has 0 aliphatic carbocycles. The van der Waals surface area contributed by atoms with Crippen LogP contribution in [0, 0.1) is 20.8 Å². The molecular formula is C15H15NO2S. The normalized spacial score (nSPS) is 10.5. The van der Waals surface area contributed by atoms with Crippen LogP contribution in [0.2, 0.25) is 0 Å². The minimum atomic E-state index is -0.890. The molecule has 0 amide bonds. The summed E-state index contributed by atoms with van der Waals surface area (Å²) in [7, 11) is 0. The maximum atomic E-state index is 11.0. The van der Waals surface area contributed by atoms with E-state index in [0.29, 0.717) is 5.56 Å². The Balaban J connectivity index is 2.28. The lowest BCUT2D eigenvalue weighted by atomic mass is 10.1. The van der Waals surface area contributed by atoms with Gasteiger partial charge in [-0.1, -0.05) is 11.8 Å². The maximum Gasteiger partial charge on any atom is 0.335 e. The molecule has 98 valence electrons. The van der Waals surface area contributed by atoms with Gasteiger partial charge in [-0.05, 0) is 62.2 Å². The number of carbonyl (C=O) groups is 1. The summed E-state index contributed by atoms with van der Waals surface area (Å²) in [5, 5.41) is 9.93. The number of carboxylic acid groups (broad SMARTS) is 1. The molecule has 0 bridgehead atoms. The van der Waals surface area contributed by atoms with Gasteiger partial charge < -0.3 is 5.11 Å². The molecule has 0 unspecified atom stereocenters. The molecule has 0 spiro atoms. The summed E-state index contributed by atoms with van der Waals surface area (Å²) < 4.78 is 0. The predicted octanol–water partition coefficient (Wildman–Crippen LogP) is 3.86. The molecule has 4 heteroatoms. The topological polar surface area (TPSA) is 50.2 Å². The van der Waals surface area contributed by atoms with Crippen LogP contribution in [-0.4, -0.2) is 16.1 Å². The SMILES string of the molecule is Cc1cc(C)nc(Sc2ccc(C(=O)O)c(C)c2)c1. The second kappa shape index (κ2) is 5.45. The highest BCUT2D eigenvalue weighted by atomic mass is 32.2. The highest BCUT2D eigenvalue weighted by molar-refractivity contribution is 7.99. The summed E-state index contributed by atoms with van der Waals surface area (Å²) in [5.74, 6) is -0.890. The molecule has 0 saturated carbocycles. The Labute approximate surface area is 116 Å². The van der Waals surface area contributed by atoms with E-state index in [9.17, 15) is 4.79 Å². The van der Waals surface area contributed by atoms with Crippen molar-refractivity contribution in [1.82, 2.24) is 4.98 Å². The number of aryl methyl sites for hydroxylation is 3. The fourth-order valence-corrected chi connectivity index (χ4v) is 2.96. The van der Waals surface area contributed by atoms with E-state index >= 15 is 0 Å². The molecule has 0 atom stereocenters. The van der Waals surface area contributed by atoms with Gasteiger partial charge in [-0.15, -0.1) is 0 Å². The lowest BCUT2D eigenvalue weighted by Crippen LogP contribution is -1.99. The van der Waals surface area contributed by atoms with Crippen molar-refractivity contribution in [3.8, 4) is 0 Å². The van der Waals surface area contributed by atoms with Gasteiger partial charge in [0, 0.05) is 10.6 Å². The number of aromatic nitrogens is 1. The molecule has 2 aromatic rings. The van der Waals surface area contributed by atoms with Crippen molar-refractivity contribution in [2.75, 3.05) is 0 Å². The summed E-state index contributed by atoms with van der Waals surface area (Å²) in [6.07, 6.45) is 0. The van der Waals surface area contributed by atoms with E-state index in [-0.39, 0.29) is 0 Å². The molecule has 19 heavy (non-hydrogen) atoms. The van der Waals surface area contributed by atoms with Crippen LogP contribution in [0.5, 0.6) is 0 Å². The van der Waals surface area contributed by atoms with Gasteiger partial charge in [0.25, 0.3) is 0 Å². The number of carboxylic acids is 1. The Morgan fingerprint density at radius 3 is 2.47 bits per heavy atom. The van der Waals surface area contributed by atoms with E-state index in [1.54, 1.807) is 17.8 Å². The molecule has 0 aliphatic heterocycles. The first-order chi connectivity index (χ1) is 8.95. The first-order valence-corrected chi connectivity index (χ1v) is 6.74. The molecule has 0 saturated heterocycles. The monoisotopic (exact) mass is 273 g/mol. The first kappa shape index (κ1) is 13.6. The zero-order valence-electron chi connectivity index (χ0n) is 11.1. The number of pyridine rings is 1. The van der Waals surface area contributed by atoms with Crippen molar-refractivity contribution in [3.05, 3.63) is 52.7 Å². The smallest absolute Gasteiger partial charge is 0.335 e. The molecule has 1 aromatic carbocycles. The molecule has 0 fully saturated rings. The zero-order chi connectivity index (χ0) is 14.0. The van der Waals surface area contributed by atoms with Crippen molar-refractivity contribution in [2.45, 2.75) is 30.7 Å². The van der Waals surface area contributed by atoms with Gasteiger partial charge in [0.2, 0.25) is 0 Å². The maximum absolute atomic E-state index is 11.0. The average molecular weight is 273 g/mol. The Morgan fingerprint density at radius 2 is 1.89 bits per heavy atom. The molecule has 3 nitrogen and oxygen atoms in total. The molecule has 1 aromatic heterocycles. The van der Waals surface area contributed by atoms with Crippen molar-refractivity contribution in [1.29, 1.82) is 0 Å². The number of nitrogens with zero attached hydrogens (tertiary/aromatic N) is 1. The van der Waals surface area contributed by atoms with Crippen LogP contribution in [0.25, 0.3) is 0 Å². The van der Waals surface area contributed by atoms with Crippen molar-refractivity contribution < 1.29 is 9.90 Å². The van der Waals surface area contributed by atoms with Crippen molar-refractivity contribution in [2.24, 2.45) is 0 Å². The number of benzene rings is 1. The largest absolute Gasteiger partial charge is 0.478 e. The fraction of sp³-hybridized carbons (Fsp3) is 0.200. The predicted molar refractivity (Wildman–Crippen MR) is 76.0 cm³/mol. The highest BCUT2D eigenvalue weighted by Crippen LogP contribution is 2.28. The Bertz CT molecular complexity index is 618. The lowest BCUT2D eigenvalue weighted by Gasteiger charge is -2.06. The number of hydrogen-bond acceptors (Lipinski definition) is 3. The Hall–Kier alpha value is -1.81. The van der Waals surface area contributed by atoms with E-state index in [1.807, 2.05) is 45.0 Å². The van der Waals surface area contributed by atoms with E-state index in [2.05, 4.69) is 4.98 Å². The van der Waals surface area contributed by atoms with Crippen molar-refractivity contribution >= 4 is 17.7 Å². The van der Waals surface area contributed by atoms with Gasteiger partial charge in [-0.3, -0.25) is 0 Å². The molecule has 1 heterocycles. The Morgan fingerprint density at radius 1 is 1.16 bits per heavy atom. The van der Waals surface area contributed by atoms with Crippen LogP contribution < -0.4 is 0 Å². The third-order valence-corrected chi connectivity index (χ3v) is 3.63. The fourth-order valence-electron chi connectivity index (χ4n) is 1.92. The van der Waals surface area contributed by atoms with Gasteiger partial charge in [-0.25, -0.2) is 9.78 Å². The molecule has 0 aliphatic rings. The van der Waals surface area contributed by atoms with Gasteiger partial charge >= 0.3 is 5.97 Å². The second-order valence-electron chi connectivity index (χ2n) is 4.51. The summed E-state index contributed by atoms with van der Waals surface area (Å²) in [6, 6.07) is 9.40. The number of aromatic carboxylic acids is 1. The van der Waals surface area contributed by atoms with E-state index in [1.165, 1.54) is 5.56 Å². The lowest BCUT2D eigenvalue weighted by molar-refractivity contribution is 0.0696. The molecule has 1 N–H and O–H groups in total. The summed E-state index contributed by atoms with van der Waals surface area (Å²) >= 11 is 1.55.